The number of hydrogen-bond acceptors (Lipinski definition) is 7. The molecular formula is C47H55N7O. The van der Waals surface area contributed by atoms with Gasteiger partial charge in [0.2, 0.25) is 0 Å². The van der Waals surface area contributed by atoms with Gasteiger partial charge in [0.25, 0.3) is 0 Å². The number of nitrogens with one attached hydrogen (secondary N) is 4. The van der Waals surface area contributed by atoms with E-state index >= 15 is 0 Å². The van der Waals surface area contributed by atoms with E-state index in [2.05, 4.69) is 69.5 Å². The van der Waals surface area contributed by atoms with Gasteiger partial charge in [0.1, 0.15) is 5.69 Å². The lowest BCUT2D eigenvalue weighted by Gasteiger charge is -2.19. The highest BCUT2D eigenvalue weighted by Crippen LogP contribution is 2.40. The molecule has 0 radical (unpaired) electrons. The van der Waals surface area contributed by atoms with Gasteiger partial charge in [-0.1, -0.05) is 135 Å². The Hall–Kier alpha value is -6.38. The molecule has 55 heavy (non-hydrogen) atoms. The van der Waals surface area contributed by atoms with E-state index in [1.54, 1.807) is 0 Å². The molecule has 0 bridgehead atoms. The van der Waals surface area contributed by atoms with Gasteiger partial charge in [-0.05, 0) is 74.8 Å². The number of anilines is 4. The van der Waals surface area contributed by atoms with Crippen molar-refractivity contribution in [2.45, 2.75) is 40.0 Å². The monoisotopic (exact) mass is 733 g/mol. The van der Waals surface area contributed by atoms with Crippen molar-refractivity contribution in [3.63, 3.8) is 0 Å². The Morgan fingerprint density at radius 2 is 1.16 bits per heavy atom. The predicted molar refractivity (Wildman–Crippen MR) is 235 cm³/mol. The first-order valence-corrected chi connectivity index (χ1v) is 18.5. The molecule has 6 aromatic carbocycles. The van der Waals surface area contributed by atoms with Crippen molar-refractivity contribution in [3.8, 4) is 11.3 Å². The minimum atomic E-state index is 0. The maximum Gasteiger partial charge on any atom is 0.196 e. The van der Waals surface area contributed by atoms with Crippen LogP contribution in [0.3, 0.4) is 0 Å². The van der Waals surface area contributed by atoms with E-state index < -0.39 is 0 Å². The number of carbonyl (C=O) groups is 1. The number of hydrogen-bond donors (Lipinski definition) is 6. The van der Waals surface area contributed by atoms with E-state index in [-0.39, 0.29) is 13.2 Å². The van der Waals surface area contributed by atoms with Crippen molar-refractivity contribution < 1.29 is 4.79 Å². The zero-order valence-electron chi connectivity index (χ0n) is 31.0. The summed E-state index contributed by atoms with van der Waals surface area (Å²) in [6.45, 7) is 4.49. The molecule has 0 spiro atoms. The summed E-state index contributed by atoms with van der Waals surface area (Å²) in [5, 5.41) is 18.4. The third-order valence-corrected chi connectivity index (χ3v) is 8.70. The minimum absolute atomic E-state index is 0. The van der Waals surface area contributed by atoms with Gasteiger partial charge in [-0.15, -0.1) is 0 Å². The number of aromatic nitrogens is 2. The topological polar surface area (TPSA) is 134 Å². The normalized spacial score (nSPS) is 10.5. The average Bonchev–Trinajstić information content (AvgIpc) is 3.66. The van der Waals surface area contributed by atoms with Gasteiger partial charge < -0.3 is 27.4 Å². The molecule has 1 aliphatic rings. The van der Waals surface area contributed by atoms with Crippen molar-refractivity contribution in [2.75, 3.05) is 41.4 Å². The smallest absolute Gasteiger partial charge is 0.196 e. The van der Waals surface area contributed by atoms with Crippen LogP contribution in [0.15, 0.2) is 158 Å². The van der Waals surface area contributed by atoms with Gasteiger partial charge >= 0.3 is 0 Å². The number of aryl methyl sites for hydroxylation is 1. The third-order valence-electron chi connectivity index (χ3n) is 8.70. The van der Waals surface area contributed by atoms with Gasteiger partial charge in [0.15, 0.2) is 5.78 Å². The molecule has 1 heterocycles. The Kier molecular flexibility index (Phi) is 17.0. The number of nitrogen functional groups attached to an aromatic ring is 1. The van der Waals surface area contributed by atoms with Crippen LogP contribution in [0, 0.1) is 6.92 Å². The van der Waals surface area contributed by atoms with Gasteiger partial charge in [0, 0.05) is 45.8 Å². The highest BCUT2D eigenvalue weighted by molar-refractivity contribution is 6.27. The predicted octanol–water partition coefficient (Wildman–Crippen LogP) is 10.8. The quantitative estimate of drug-likeness (QED) is 0.0443. The standard InChI is InChI=1S/C21H16N4O.C12H20N2.C7H8.C6H7N.CH4/c26-21-15-9-5-11-17-18(15)20(25-24-17)14-8-4-10-16(19(14)21)23-12-22-13-6-2-1-3-7-13;13-10-6-1-2-7-11-14-12-8-4-3-5-9-12;1-7-5-3-2-4-6-7;7-6-4-2-1-3-5-6;/h1-11,22-23H,12H2,(H,24,25);3-5,8-9,14H,1-2,6-7,10-11,13H2;2-6H,1H3;1-5H,7H2;1H4. The third kappa shape index (κ3) is 12.6. The first kappa shape index (κ1) is 41.4. The Balaban J connectivity index is 0.000000193. The molecule has 0 saturated heterocycles. The van der Waals surface area contributed by atoms with Crippen LogP contribution >= 0.6 is 0 Å². The Labute approximate surface area is 326 Å². The molecule has 0 atom stereocenters. The maximum atomic E-state index is 13.1. The molecule has 7 aromatic rings. The maximum absolute atomic E-state index is 13.1. The van der Waals surface area contributed by atoms with Crippen LogP contribution in [0.25, 0.3) is 22.2 Å². The molecule has 0 unspecified atom stereocenters. The number of nitrogens with two attached hydrogens (primary N) is 2. The van der Waals surface area contributed by atoms with Crippen LogP contribution in [0.5, 0.6) is 0 Å². The number of aromatic amines is 1. The van der Waals surface area contributed by atoms with Crippen LogP contribution in [-0.4, -0.2) is 35.7 Å². The second kappa shape index (κ2) is 22.6. The van der Waals surface area contributed by atoms with E-state index in [0.717, 1.165) is 58.7 Å². The van der Waals surface area contributed by atoms with Crippen molar-refractivity contribution in [2.24, 2.45) is 5.73 Å². The van der Waals surface area contributed by atoms with Gasteiger partial charge in [-0.25, -0.2) is 0 Å². The van der Waals surface area contributed by atoms with Gasteiger partial charge in [-0.2, -0.15) is 5.10 Å². The number of para-hydroxylation sites is 3. The summed E-state index contributed by atoms with van der Waals surface area (Å²) in [4.78, 5) is 13.1. The van der Waals surface area contributed by atoms with E-state index in [1.807, 2.05) is 121 Å². The Morgan fingerprint density at radius 1 is 0.600 bits per heavy atom. The highest BCUT2D eigenvalue weighted by Gasteiger charge is 2.29. The molecule has 284 valence electrons. The SMILES string of the molecule is C.Cc1ccccc1.NCCCCCCNc1ccccc1.Nc1ccccc1.O=C1c2c(NCNc3ccccc3)cccc2-c2n[nH]c3cccc1c23. The van der Waals surface area contributed by atoms with Gasteiger partial charge in [0.05, 0.1) is 17.7 Å². The fraction of sp³-hybridized carbons (Fsp3) is 0.191. The number of nitrogens with zero attached hydrogens (tertiary/aromatic N) is 1. The largest absolute Gasteiger partial charge is 0.399 e. The summed E-state index contributed by atoms with van der Waals surface area (Å²) >= 11 is 0. The summed E-state index contributed by atoms with van der Waals surface area (Å²) in [6, 6.07) is 51.6. The molecule has 1 aliphatic carbocycles. The molecule has 0 fully saturated rings. The lowest BCUT2D eigenvalue weighted by Crippen LogP contribution is -2.17. The summed E-state index contributed by atoms with van der Waals surface area (Å²) in [5.74, 6) is 0.0299. The van der Waals surface area contributed by atoms with Crippen LogP contribution in [0.4, 0.5) is 22.7 Å². The molecule has 8 rings (SSSR count). The van der Waals surface area contributed by atoms with E-state index in [9.17, 15) is 4.79 Å². The molecule has 8 nitrogen and oxygen atoms in total. The number of benzene rings is 6. The minimum Gasteiger partial charge on any atom is -0.399 e. The zero-order chi connectivity index (χ0) is 37.8. The molecule has 0 saturated carbocycles. The van der Waals surface area contributed by atoms with Crippen molar-refractivity contribution in [1.82, 2.24) is 10.2 Å². The van der Waals surface area contributed by atoms with Gasteiger partial charge in [-0.3, -0.25) is 9.89 Å². The summed E-state index contributed by atoms with van der Waals surface area (Å²) in [7, 11) is 0. The van der Waals surface area contributed by atoms with Crippen LogP contribution in [0.2, 0.25) is 0 Å². The molecule has 8 N–H and O–H groups in total. The number of fused-ring (bicyclic) bond motifs is 2. The second-order valence-electron chi connectivity index (χ2n) is 12.8. The van der Waals surface area contributed by atoms with E-state index in [4.69, 9.17) is 11.5 Å². The average molecular weight is 734 g/mol. The molecule has 8 heteroatoms. The molecule has 0 aliphatic heterocycles. The van der Waals surface area contributed by atoms with E-state index in [0.29, 0.717) is 17.8 Å². The summed E-state index contributed by atoms with van der Waals surface area (Å²) in [6.07, 6.45) is 4.92. The van der Waals surface area contributed by atoms with Crippen LogP contribution in [-0.2, 0) is 0 Å². The first-order valence-electron chi connectivity index (χ1n) is 18.5. The van der Waals surface area contributed by atoms with Crippen LogP contribution < -0.4 is 27.4 Å². The number of carbonyl (C=O) groups excluding carboxylic acids is 1. The number of H-pyrrole nitrogens is 1. The lowest BCUT2D eigenvalue weighted by atomic mass is 9.86. The highest BCUT2D eigenvalue weighted by atomic mass is 16.1. The fourth-order valence-corrected chi connectivity index (χ4v) is 5.93. The molecular weight excluding hydrogens is 679 g/mol. The van der Waals surface area contributed by atoms with Crippen molar-refractivity contribution in [1.29, 1.82) is 0 Å². The Morgan fingerprint density at radius 3 is 1.75 bits per heavy atom. The summed E-state index contributed by atoms with van der Waals surface area (Å²) < 4.78 is 0. The number of ketones is 1. The lowest BCUT2D eigenvalue weighted by molar-refractivity contribution is 0.104. The summed E-state index contributed by atoms with van der Waals surface area (Å²) in [5.41, 5.74) is 19.9. The van der Waals surface area contributed by atoms with Crippen LogP contribution in [0.1, 0.15) is 54.6 Å². The fourth-order valence-electron chi connectivity index (χ4n) is 5.93. The first-order chi connectivity index (χ1) is 26.5. The number of rotatable bonds is 11. The number of unbranched alkanes of at least 4 members (excludes halogenated alkanes) is 3. The zero-order valence-corrected chi connectivity index (χ0v) is 31.0. The molecule has 1 aromatic heterocycles. The molecule has 0 amide bonds. The van der Waals surface area contributed by atoms with Crippen molar-refractivity contribution in [3.05, 3.63) is 174 Å². The van der Waals surface area contributed by atoms with E-state index in [1.165, 1.54) is 30.5 Å². The second-order valence-corrected chi connectivity index (χ2v) is 12.8. The van der Waals surface area contributed by atoms with Crippen molar-refractivity contribution >= 4 is 39.4 Å². The Bertz CT molecular complexity index is 2080.